The third-order valence-corrected chi connectivity index (χ3v) is 5.66. The van der Waals surface area contributed by atoms with E-state index in [1.54, 1.807) is 0 Å². The summed E-state index contributed by atoms with van der Waals surface area (Å²) >= 11 is 0. The zero-order chi connectivity index (χ0) is 21.3. The summed E-state index contributed by atoms with van der Waals surface area (Å²) in [6.07, 6.45) is 2.84. The van der Waals surface area contributed by atoms with Crippen molar-refractivity contribution in [1.29, 1.82) is 0 Å². The average Bonchev–Trinajstić information content (AvgIpc) is 3.08. The van der Waals surface area contributed by atoms with Crippen LogP contribution < -0.4 is 10.6 Å². The Morgan fingerprint density at radius 2 is 1.93 bits per heavy atom. The largest absolute Gasteiger partial charge is 0.357 e. The second kappa shape index (κ2) is 8.32. The number of H-pyrrole nitrogens is 1. The minimum absolute atomic E-state index is 0.00583. The van der Waals surface area contributed by atoms with Gasteiger partial charge in [0.2, 0.25) is 11.8 Å². The van der Waals surface area contributed by atoms with E-state index in [1.807, 2.05) is 56.3 Å². The predicted octanol–water partition coefficient (Wildman–Crippen LogP) is 4.04. The minimum atomic E-state index is -0.180. The molecule has 2 aromatic carbocycles. The van der Waals surface area contributed by atoms with Crippen LogP contribution >= 0.6 is 0 Å². The van der Waals surface area contributed by atoms with Crippen LogP contribution in [0.4, 0.5) is 11.4 Å². The van der Waals surface area contributed by atoms with E-state index in [-0.39, 0.29) is 17.7 Å². The van der Waals surface area contributed by atoms with Crippen molar-refractivity contribution >= 4 is 34.1 Å². The summed E-state index contributed by atoms with van der Waals surface area (Å²) in [4.78, 5) is 30.4. The van der Waals surface area contributed by atoms with Crippen molar-refractivity contribution in [2.75, 3.05) is 31.3 Å². The highest BCUT2D eigenvalue weighted by molar-refractivity contribution is 5.98. The first-order valence-corrected chi connectivity index (χ1v) is 10.4. The number of hydrogen-bond acceptors (Lipinski definition) is 3. The van der Waals surface area contributed by atoms with Gasteiger partial charge in [0.1, 0.15) is 0 Å². The zero-order valence-electron chi connectivity index (χ0n) is 17.7. The lowest BCUT2D eigenvalue weighted by molar-refractivity contribution is -0.118. The Bertz CT molecular complexity index is 1100. The molecule has 3 N–H and O–H groups in total. The Balaban J connectivity index is 1.50. The number of aryl methyl sites for hydroxylation is 2. The number of amides is 2. The first-order chi connectivity index (χ1) is 14.4. The third kappa shape index (κ3) is 4.09. The summed E-state index contributed by atoms with van der Waals surface area (Å²) in [5.41, 5.74) is 5.82. The van der Waals surface area contributed by atoms with Crippen molar-refractivity contribution in [1.82, 2.24) is 9.88 Å². The second-order valence-corrected chi connectivity index (χ2v) is 8.31. The molecule has 3 aromatic rings. The molecule has 0 saturated carbocycles. The predicted molar refractivity (Wildman–Crippen MR) is 121 cm³/mol. The molecular weight excluding hydrogens is 376 g/mol. The molecular formula is C24H28N4O2. The van der Waals surface area contributed by atoms with E-state index in [9.17, 15) is 9.59 Å². The number of aromatic amines is 1. The fourth-order valence-electron chi connectivity index (χ4n) is 4.27. The highest BCUT2D eigenvalue weighted by Gasteiger charge is 2.29. The third-order valence-electron chi connectivity index (χ3n) is 5.66. The number of aromatic nitrogens is 1. The lowest BCUT2D eigenvalue weighted by atomic mass is 9.86. The van der Waals surface area contributed by atoms with Gasteiger partial charge in [-0.3, -0.25) is 9.59 Å². The van der Waals surface area contributed by atoms with Gasteiger partial charge in [0, 0.05) is 28.0 Å². The number of para-hydroxylation sites is 1. The van der Waals surface area contributed by atoms with Gasteiger partial charge in [-0.1, -0.05) is 18.2 Å². The quantitative estimate of drug-likeness (QED) is 0.601. The number of carbonyl (C=O) groups excluding carboxylic acids is 2. The molecule has 30 heavy (non-hydrogen) atoms. The molecule has 1 aliphatic rings. The minimum Gasteiger partial charge on any atom is -0.357 e. The van der Waals surface area contributed by atoms with Gasteiger partial charge in [0.25, 0.3) is 0 Å². The summed E-state index contributed by atoms with van der Waals surface area (Å²) in [7, 11) is 3.71. The molecule has 1 heterocycles. The van der Waals surface area contributed by atoms with E-state index >= 15 is 0 Å². The molecule has 156 valence electrons. The number of hydrogen-bond donors (Lipinski definition) is 3. The maximum absolute atomic E-state index is 13.1. The van der Waals surface area contributed by atoms with Crippen LogP contribution in [-0.4, -0.2) is 42.3 Å². The summed E-state index contributed by atoms with van der Waals surface area (Å²) in [5, 5.41) is 7.21. The van der Waals surface area contributed by atoms with Crippen LogP contribution in [0, 0.1) is 6.92 Å². The number of carbonyl (C=O) groups is 2. The van der Waals surface area contributed by atoms with Gasteiger partial charge in [0.05, 0.1) is 12.5 Å². The molecule has 1 unspecified atom stereocenters. The smallest absolute Gasteiger partial charge is 0.238 e. The highest BCUT2D eigenvalue weighted by Crippen LogP contribution is 2.36. The van der Waals surface area contributed by atoms with Gasteiger partial charge < -0.3 is 20.5 Å². The van der Waals surface area contributed by atoms with Gasteiger partial charge in [0.15, 0.2) is 0 Å². The molecule has 0 radical (unpaired) electrons. The second-order valence-electron chi connectivity index (χ2n) is 8.31. The van der Waals surface area contributed by atoms with Crippen molar-refractivity contribution in [2.24, 2.45) is 0 Å². The van der Waals surface area contributed by atoms with Crippen LogP contribution in [-0.2, 0) is 16.0 Å². The standard InChI is InChI=1S/C24H28N4O2/c1-15-13-16(11-12-20(15)26-22(29)14-28(2)3)25-24(30)19-9-6-8-18-17-7-4-5-10-21(17)27-23(18)19/h4-5,7,10-13,19,27H,6,8-9,14H2,1-3H3,(H,25,30)(H,26,29). The maximum Gasteiger partial charge on any atom is 0.238 e. The van der Waals surface area contributed by atoms with Crippen molar-refractivity contribution in [2.45, 2.75) is 32.1 Å². The van der Waals surface area contributed by atoms with Gasteiger partial charge in [-0.2, -0.15) is 0 Å². The normalized spacial score (nSPS) is 15.8. The van der Waals surface area contributed by atoms with E-state index in [4.69, 9.17) is 0 Å². The first kappa shape index (κ1) is 20.2. The van der Waals surface area contributed by atoms with Crippen molar-refractivity contribution in [3.8, 4) is 0 Å². The number of benzene rings is 2. The van der Waals surface area contributed by atoms with Gasteiger partial charge >= 0.3 is 0 Å². The Hall–Kier alpha value is -3.12. The molecule has 0 fully saturated rings. The molecule has 2 amide bonds. The molecule has 1 aliphatic carbocycles. The summed E-state index contributed by atoms with van der Waals surface area (Å²) in [6.45, 7) is 2.25. The zero-order valence-corrected chi connectivity index (χ0v) is 17.7. The van der Waals surface area contributed by atoms with E-state index in [0.717, 1.165) is 47.4 Å². The lowest BCUT2D eigenvalue weighted by Gasteiger charge is -2.22. The summed E-state index contributed by atoms with van der Waals surface area (Å²) in [6, 6.07) is 13.8. The molecule has 0 saturated heterocycles. The number of nitrogens with one attached hydrogen (secondary N) is 3. The van der Waals surface area contributed by atoms with E-state index in [2.05, 4.69) is 27.8 Å². The average molecular weight is 405 g/mol. The number of likely N-dealkylation sites (N-methyl/N-ethyl adjacent to an activating group) is 1. The SMILES string of the molecule is Cc1cc(NC(=O)C2CCCc3c2[nH]c2ccccc32)ccc1NC(=O)CN(C)C. The Labute approximate surface area is 176 Å². The molecule has 6 nitrogen and oxygen atoms in total. The van der Waals surface area contributed by atoms with Gasteiger partial charge in [-0.25, -0.2) is 0 Å². The van der Waals surface area contributed by atoms with Crippen LogP contribution in [0.15, 0.2) is 42.5 Å². The van der Waals surface area contributed by atoms with Crippen LogP contribution in [0.5, 0.6) is 0 Å². The fraction of sp³-hybridized carbons (Fsp3) is 0.333. The molecule has 0 bridgehead atoms. The van der Waals surface area contributed by atoms with E-state index in [1.165, 1.54) is 10.9 Å². The molecule has 1 atom stereocenters. The fourth-order valence-corrected chi connectivity index (χ4v) is 4.27. The van der Waals surface area contributed by atoms with Crippen molar-refractivity contribution in [3.63, 3.8) is 0 Å². The molecule has 4 rings (SSSR count). The molecule has 0 aliphatic heterocycles. The maximum atomic E-state index is 13.1. The molecule has 0 spiro atoms. The summed E-state index contributed by atoms with van der Waals surface area (Å²) < 4.78 is 0. The van der Waals surface area contributed by atoms with Gasteiger partial charge in [-0.05, 0) is 75.7 Å². The van der Waals surface area contributed by atoms with Crippen LogP contribution in [0.3, 0.4) is 0 Å². The Morgan fingerprint density at radius 3 is 2.70 bits per heavy atom. The number of fused-ring (bicyclic) bond motifs is 3. The van der Waals surface area contributed by atoms with Crippen molar-refractivity contribution in [3.05, 3.63) is 59.3 Å². The Kier molecular flexibility index (Phi) is 5.59. The summed E-state index contributed by atoms with van der Waals surface area (Å²) in [5.74, 6) is -0.236. The van der Waals surface area contributed by atoms with Crippen LogP contribution in [0.1, 0.15) is 35.6 Å². The van der Waals surface area contributed by atoms with Crippen LogP contribution in [0.25, 0.3) is 10.9 Å². The highest BCUT2D eigenvalue weighted by atomic mass is 16.2. The number of nitrogens with zero attached hydrogens (tertiary/aromatic N) is 1. The molecule has 1 aromatic heterocycles. The van der Waals surface area contributed by atoms with Crippen molar-refractivity contribution < 1.29 is 9.59 Å². The van der Waals surface area contributed by atoms with Crippen LogP contribution in [0.2, 0.25) is 0 Å². The number of rotatable bonds is 5. The first-order valence-electron chi connectivity index (χ1n) is 10.4. The molecule has 6 heteroatoms. The van der Waals surface area contributed by atoms with Gasteiger partial charge in [-0.15, -0.1) is 0 Å². The lowest BCUT2D eigenvalue weighted by Crippen LogP contribution is -2.27. The monoisotopic (exact) mass is 404 g/mol. The topological polar surface area (TPSA) is 77.2 Å². The van der Waals surface area contributed by atoms with E-state index < -0.39 is 0 Å². The van der Waals surface area contributed by atoms with E-state index in [0.29, 0.717) is 6.54 Å². The Morgan fingerprint density at radius 1 is 1.13 bits per heavy atom. The number of anilines is 2.